The largest absolute Gasteiger partial charge is 0.439 e. The Hall–Kier alpha value is -0.570. The Morgan fingerprint density at radius 2 is 1.67 bits per heavy atom. The van der Waals surface area contributed by atoms with Gasteiger partial charge in [-0.3, -0.25) is 4.79 Å². The predicted molar refractivity (Wildman–Crippen MR) is 67.8 cm³/mol. The van der Waals surface area contributed by atoms with Crippen LogP contribution in [0.25, 0.3) is 0 Å². The van der Waals surface area contributed by atoms with Gasteiger partial charge in [0.2, 0.25) is 0 Å². The minimum absolute atomic E-state index is 0.127. The molecule has 0 amide bonds. The van der Waals surface area contributed by atoms with Crippen molar-refractivity contribution >= 4 is 5.97 Å². The van der Waals surface area contributed by atoms with Crippen molar-refractivity contribution in [2.24, 2.45) is 23.2 Å². The summed E-state index contributed by atoms with van der Waals surface area (Å²) in [6.07, 6.45) is 9.92. The van der Waals surface area contributed by atoms with E-state index in [1.54, 1.807) is 0 Å². The van der Waals surface area contributed by atoms with E-state index in [0.29, 0.717) is 5.41 Å². The lowest BCUT2D eigenvalue weighted by atomic mass is 9.49. The van der Waals surface area contributed by atoms with Crippen LogP contribution >= 0.6 is 0 Å². The molecular formula is C15H24O3. The molecule has 0 unspecified atom stereocenters. The predicted octanol–water partition coefficient (Wildman–Crippen LogP) is 3.13. The SMILES string of the molecule is CC(=O)OCOCCC12CC3CC(CC(C3)C1)C2. The number of carbonyl (C=O) groups is 1. The molecule has 18 heavy (non-hydrogen) atoms. The minimum atomic E-state index is -0.259. The molecule has 0 spiro atoms. The van der Waals surface area contributed by atoms with E-state index < -0.39 is 0 Å². The molecule has 4 bridgehead atoms. The average Bonchev–Trinajstić information content (AvgIpc) is 2.25. The lowest BCUT2D eigenvalue weighted by molar-refractivity contribution is -0.155. The first-order valence-electron chi connectivity index (χ1n) is 7.36. The summed E-state index contributed by atoms with van der Waals surface area (Å²) in [6.45, 7) is 2.30. The van der Waals surface area contributed by atoms with E-state index in [0.717, 1.165) is 30.8 Å². The van der Waals surface area contributed by atoms with Crippen molar-refractivity contribution in [3.63, 3.8) is 0 Å². The molecule has 4 saturated carbocycles. The molecule has 0 aliphatic heterocycles. The summed E-state index contributed by atoms with van der Waals surface area (Å²) >= 11 is 0. The molecule has 0 radical (unpaired) electrons. The summed E-state index contributed by atoms with van der Waals surface area (Å²) in [5.41, 5.74) is 0.574. The van der Waals surface area contributed by atoms with Gasteiger partial charge in [-0.15, -0.1) is 0 Å². The maximum Gasteiger partial charge on any atom is 0.304 e. The van der Waals surface area contributed by atoms with Gasteiger partial charge in [0, 0.05) is 6.92 Å². The van der Waals surface area contributed by atoms with E-state index in [2.05, 4.69) is 0 Å². The summed E-state index contributed by atoms with van der Waals surface area (Å²) in [7, 11) is 0. The van der Waals surface area contributed by atoms with Crippen LogP contribution in [-0.4, -0.2) is 19.4 Å². The highest BCUT2D eigenvalue weighted by Gasteiger charge is 2.50. The minimum Gasteiger partial charge on any atom is -0.439 e. The van der Waals surface area contributed by atoms with Gasteiger partial charge in [0.15, 0.2) is 6.79 Å². The Labute approximate surface area is 109 Å². The van der Waals surface area contributed by atoms with Crippen LogP contribution in [0.15, 0.2) is 0 Å². The molecule has 0 aromatic rings. The molecule has 0 N–H and O–H groups in total. The zero-order valence-corrected chi connectivity index (χ0v) is 11.3. The summed E-state index contributed by atoms with van der Waals surface area (Å²) in [6, 6.07) is 0. The lowest BCUT2D eigenvalue weighted by Gasteiger charge is -2.57. The molecule has 0 saturated heterocycles. The number of esters is 1. The third kappa shape index (κ3) is 2.56. The van der Waals surface area contributed by atoms with Gasteiger partial charge < -0.3 is 9.47 Å². The lowest BCUT2D eigenvalue weighted by Crippen LogP contribution is -2.46. The zero-order chi connectivity index (χ0) is 12.6. The normalized spacial score (nSPS) is 41.1. The van der Waals surface area contributed by atoms with Gasteiger partial charge in [0.05, 0.1) is 6.61 Å². The van der Waals surface area contributed by atoms with Gasteiger partial charge in [-0.05, 0) is 68.1 Å². The van der Waals surface area contributed by atoms with Crippen LogP contribution in [0.4, 0.5) is 0 Å². The first-order chi connectivity index (χ1) is 8.65. The molecule has 0 aromatic carbocycles. The summed E-state index contributed by atoms with van der Waals surface area (Å²) in [5, 5.41) is 0. The van der Waals surface area contributed by atoms with Crippen LogP contribution in [0, 0.1) is 23.2 Å². The van der Waals surface area contributed by atoms with Crippen molar-refractivity contribution < 1.29 is 14.3 Å². The highest BCUT2D eigenvalue weighted by Crippen LogP contribution is 2.61. The smallest absolute Gasteiger partial charge is 0.304 e. The Bertz CT molecular complexity index is 288. The molecule has 4 fully saturated rings. The fraction of sp³-hybridized carbons (Fsp3) is 0.933. The van der Waals surface area contributed by atoms with Gasteiger partial charge >= 0.3 is 5.97 Å². The topological polar surface area (TPSA) is 35.5 Å². The average molecular weight is 252 g/mol. The highest BCUT2D eigenvalue weighted by molar-refractivity contribution is 5.65. The Balaban J connectivity index is 1.46. The van der Waals surface area contributed by atoms with Crippen molar-refractivity contribution in [1.29, 1.82) is 0 Å². The maximum absolute atomic E-state index is 10.6. The number of carbonyl (C=O) groups excluding carboxylic acids is 1. The second kappa shape index (κ2) is 4.84. The first-order valence-corrected chi connectivity index (χ1v) is 7.36. The number of hydrogen-bond acceptors (Lipinski definition) is 3. The van der Waals surface area contributed by atoms with E-state index >= 15 is 0 Å². The molecule has 0 atom stereocenters. The van der Waals surface area contributed by atoms with E-state index in [1.807, 2.05) is 0 Å². The fourth-order valence-electron chi connectivity index (χ4n) is 5.07. The van der Waals surface area contributed by atoms with E-state index in [1.165, 1.54) is 45.4 Å². The second-order valence-corrected chi connectivity index (χ2v) is 6.83. The molecule has 4 rings (SSSR count). The molecule has 3 heteroatoms. The zero-order valence-electron chi connectivity index (χ0n) is 11.3. The fourth-order valence-corrected chi connectivity index (χ4v) is 5.07. The van der Waals surface area contributed by atoms with Crippen molar-refractivity contribution in [3.05, 3.63) is 0 Å². The summed E-state index contributed by atoms with van der Waals surface area (Å²) in [5.74, 6) is 2.75. The molecule has 4 aliphatic rings. The van der Waals surface area contributed by atoms with Gasteiger partial charge in [0.1, 0.15) is 0 Å². The standard InChI is InChI=1S/C15H24O3/c1-11(16)18-10-17-3-2-15-7-12-4-13(8-15)6-14(5-12)9-15/h12-14H,2-10H2,1H3. The Morgan fingerprint density at radius 1 is 1.11 bits per heavy atom. The van der Waals surface area contributed by atoms with Gasteiger partial charge in [-0.1, -0.05) is 0 Å². The second-order valence-electron chi connectivity index (χ2n) is 6.83. The van der Waals surface area contributed by atoms with Crippen LogP contribution in [0.3, 0.4) is 0 Å². The number of rotatable bonds is 5. The monoisotopic (exact) mass is 252 g/mol. The van der Waals surface area contributed by atoms with E-state index in [4.69, 9.17) is 9.47 Å². The Morgan fingerprint density at radius 3 is 2.17 bits per heavy atom. The van der Waals surface area contributed by atoms with E-state index in [-0.39, 0.29) is 12.8 Å². The van der Waals surface area contributed by atoms with Crippen molar-refractivity contribution in [3.8, 4) is 0 Å². The number of ether oxygens (including phenoxy) is 2. The quantitative estimate of drug-likeness (QED) is 0.428. The molecule has 0 heterocycles. The summed E-state index contributed by atoms with van der Waals surface area (Å²) < 4.78 is 10.2. The van der Waals surface area contributed by atoms with Crippen LogP contribution in [-0.2, 0) is 14.3 Å². The molecule has 102 valence electrons. The molecular weight excluding hydrogens is 228 g/mol. The van der Waals surface area contributed by atoms with Crippen LogP contribution < -0.4 is 0 Å². The number of hydrogen-bond donors (Lipinski definition) is 0. The van der Waals surface area contributed by atoms with Crippen molar-refractivity contribution in [1.82, 2.24) is 0 Å². The summed E-state index contributed by atoms with van der Waals surface area (Å²) in [4.78, 5) is 10.6. The third-order valence-electron chi connectivity index (χ3n) is 5.29. The first kappa shape index (κ1) is 12.5. The third-order valence-corrected chi connectivity index (χ3v) is 5.29. The highest BCUT2D eigenvalue weighted by atomic mass is 16.7. The van der Waals surface area contributed by atoms with Crippen LogP contribution in [0.2, 0.25) is 0 Å². The van der Waals surface area contributed by atoms with Crippen molar-refractivity contribution in [2.45, 2.75) is 51.9 Å². The molecule has 4 aliphatic carbocycles. The Kier molecular flexibility index (Phi) is 3.35. The van der Waals surface area contributed by atoms with Crippen molar-refractivity contribution in [2.75, 3.05) is 13.4 Å². The van der Waals surface area contributed by atoms with E-state index in [9.17, 15) is 4.79 Å². The van der Waals surface area contributed by atoms with Gasteiger partial charge in [-0.25, -0.2) is 0 Å². The van der Waals surface area contributed by atoms with Crippen LogP contribution in [0.1, 0.15) is 51.9 Å². The van der Waals surface area contributed by atoms with Crippen LogP contribution in [0.5, 0.6) is 0 Å². The maximum atomic E-state index is 10.6. The molecule has 0 aromatic heterocycles. The van der Waals surface area contributed by atoms with Gasteiger partial charge in [-0.2, -0.15) is 0 Å². The van der Waals surface area contributed by atoms with Gasteiger partial charge in [0.25, 0.3) is 0 Å². The molecule has 3 nitrogen and oxygen atoms in total.